The molecule has 0 aliphatic heterocycles. The van der Waals surface area contributed by atoms with E-state index in [9.17, 15) is 4.39 Å². The lowest BCUT2D eigenvalue weighted by Gasteiger charge is -2.07. The Morgan fingerprint density at radius 1 is 1.26 bits per heavy atom. The maximum atomic E-state index is 13.2. The molecule has 2 nitrogen and oxygen atoms in total. The first-order chi connectivity index (χ1) is 9.10. The number of halogens is 1. The van der Waals surface area contributed by atoms with Crippen LogP contribution in [0.25, 0.3) is 0 Å². The Morgan fingerprint density at radius 2 is 2.05 bits per heavy atom. The maximum Gasteiger partial charge on any atom is 0.140 e. The molecule has 2 rings (SSSR count). The molecule has 0 saturated carbocycles. The second-order valence-corrected chi connectivity index (χ2v) is 5.26. The zero-order valence-electron chi connectivity index (χ0n) is 10.5. The molecule has 0 aliphatic carbocycles. The van der Waals surface area contributed by atoms with E-state index < -0.39 is 5.82 Å². The van der Waals surface area contributed by atoms with Gasteiger partial charge >= 0.3 is 0 Å². The van der Waals surface area contributed by atoms with Gasteiger partial charge in [-0.25, -0.2) is 4.39 Å². The summed E-state index contributed by atoms with van der Waals surface area (Å²) in [5.41, 5.74) is 8.59. The highest BCUT2D eigenvalue weighted by Crippen LogP contribution is 2.27. The molecule has 0 spiro atoms. The van der Waals surface area contributed by atoms with Crippen molar-refractivity contribution in [2.24, 2.45) is 0 Å². The first-order valence-electron chi connectivity index (χ1n) is 5.77. The van der Waals surface area contributed by atoms with Crippen molar-refractivity contribution in [2.75, 3.05) is 5.73 Å². The predicted octanol–water partition coefficient (Wildman–Crippen LogP) is 3.88. The van der Waals surface area contributed by atoms with Gasteiger partial charge in [-0.2, -0.15) is 5.26 Å². The summed E-state index contributed by atoms with van der Waals surface area (Å²) >= 11 is 1.65. The van der Waals surface area contributed by atoms with Crippen LogP contribution in [0.15, 0.2) is 41.3 Å². The van der Waals surface area contributed by atoms with Crippen molar-refractivity contribution in [1.29, 1.82) is 5.26 Å². The van der Waals surface area contributed by atoms with Crippen molar-refractivity contribution >= 4 is 17.4 Å². The number of anilines is 1. The quantitative estimate of drug-likeness (QED) is 0.681. The van der Waals surface area contributed by atoms with Crippen molar-refractivity contribution in [3.8, 4) is 6.07 Å². The van der Waals surface area contributed by atoms with Gasteiger partial charge in [-0.3, -0.25) is 0 Å². The van der Waals surface area contributed by atoms with Gasteiger partial charge in [-0.15, -0.1) is 11.8 Å². The molecule has 2 N–H and O–H groups in total. The number of hydrogen-bond donors (Lipinski definition) is 1. The van der Waals surface area contributed by atoms with E-state index in [1.54, 1.807) is 23.9 Å². The Labute approximate surface area is 116 Å². The molecule has 19 heavy (non-hydrogen) atoms. The van der Waals surface area contributed by atoms with Crippen LogP contribution in [-0.2, 0) is 5.75 Å². The van der Waals surface area contributed by atoms with Crippen LogP contribution in [0.4, 0.5) is 10.1 Å². The minimum Gasteiger partial charge on any atom is -0.399 e. The molecule has 0 heterocycles. The van der Waals surface area contributed by atoms with Crippen molar-refractivity contribution in [1.82, 2.24) is 0 Å². The Morgan fingerprint density at radius 3 is 2.74 bits per heavy atom. The van der Waals surface area contributed by atoms with Crippen LogP contribution >= 0.6 is 11.8 Å². The highest BCUT2D eigenvalue weighted by Gasteiger charge is 2.05. The van der Waals surface area contributed by atoms with Gasteiger partial charge in [-0.05, 0) is 48.4 Å². The van der Waals surface area contributed by atoms with Gasteiger partial charge in [0.1, 0.15) is 11.9 Å². The van der Waals surface area contributed by atoms with E-state index >= 15 is 0 Å². The molecule has 0 atom stereocenters. The van der Waals surface area contributed by atoms with E-state index in [-0.39, 0.29) is 5.56 Å². The summed E-state index contributed by atoms with van der Waals surface area (Å²) in [6.45, 7) is 2.00. The van der Waals surface area contributed by atoms with Crippen molar-refractivity contribution in [3.63, 3.8) is 0 Å². The van der Waals surface area contributed by atoms with Crippen LogP contribution < -0.4 is 5.73 Å². The van der Waals surface area contributed by atoms with Gasteiger partial charge in [0, 0.05) is 16.3 Å². The Hall–Kier alpha value is -1.99. The molecule has 0 fully saturated rings. The maximum absolute atomic E-state index is 13.2. The lowest BCUT2D eigenvalue weighted by molar-refractivity contribution is 0.623. The van der Waals surface area contributed by atoms with E-state index in [2.05, 4.69) is 0 Å². The fourth-order valence-corrected chi connectivity index (χ4v) is 2.70. The third-order valence-electron chi connectivity index (χ3n) is 2.74. The number of nitriles is 1. The van der Waals surface area contributed by atoms with Crippen LogP contribution in [0.3, 0.4) is 0 Å². The Balaban J connectivity index is 2.13. The molecule has 2 aromatic rings. The van der Waals surface area contributed by atoms with Crippen molar-refractivity contribution in [3.05, 3.63) is 58.9 Å². The van der Waals surface area contributed by atoms with Crippen LogP contribution in [0, 0.1) is 24.1 Å². The van der Waals surface area contributed by atoms with Gasteiger partial charge in [0.05, 0.1) is 5.56 Å². The van der Waals surface area contributed by atoms with Crippen molar-refractivity contribution < 1.29 is 4.39 Å². The van der Waals surface area contributed by atoms with Gasteiger partial charge in [0.2, 0.25) is 0 Å². The second-order valence-electron chi connectivity index (χ2n) is 4.24. The zero-order valence-corrected chi connectivity index (χ0v) is 11.3. The number of hydrogen-bond acceptors (Lipinski definition) is 3. The lowest BCUT2D eigenvalue weighted by Crippen LogP contribution is -1.90. The normalized spacial score (nSPS) is 10.2. The topological polar surface area (TPSA) is 49.8 Å². The van der Waals surface area contributed by atoms with Crippen LogP contribution in [0.2, 0.25) is 0 Å². The molecule has 2 aromatic carbocycles. The first-order valence-corrected chi connectivity index (χ1v) is 6.76. The number of nitrogens with two attached hydrogens (primary N) is 1. The van der Waals surface area contributed by atoms with Gasteiger partial charge in [0.15, 0.2) is 0 Å². The fourth-order valence-electron chi connectivity index (χ4n) is 1.74. The van der Waals surface area contributed by atoms with E-state index in [1.807, 2.05) is 31.2 Å². The molecule has 0 unspecified atom stereocenters. The van der Waals surface area contributed by atoms with Crippen LogP contribution in [0.1, 0.15) is 16.7 Å². The van der Waals surface area contributed by atoms with Crippen LogP contribution in [0.5, 0.6) is 0 Å². The molecule has 0 saturated heterocycles. The number of nitrogen functional groups attached to an aromatic ring is 1. The summed E-state index contributed by atoms with van der Waals surface area (Å²) in [5, 5.41) is 8.79. The minimum atomic E-state index is -0.472. The number of thioether (sulfide) groups is 1. The molecule has 0 amide bonds. The smallest absolute Gasteiger partial charge is 0.140 e. The summed E-state index contributed by atoms with van der Waals surface area (Å²) in [4.78, 5) is 1.14. The summed E-state index contributed by atoms with van der Waals surface area (Å²) in [7, 11) is 0. The molecule has 0 aromatic heterocycles. The molecular weight excluding hydrogens is 259 g/mol. The standard InChI is InChI=1S/C15H13FN2S/c1-10-6-13(18)3-5-15(10)19-9-11-2-4-14(16)12(7-11)8-17/h2-7H,9,18H2,1H3. The predicted molar refractivity (Wildman–Crippen MR) is 76.3 cm³/mol. The number of nitrogens with zero attached hydrogens (tertiary/aromatic N) is 1. The highest BCUT2D eigenvalue weighted by molar-refractivity contribution is 7.98. The van der Waals surface area contributed by atoms with Crippen molar-refractivity contribution in [2.45, 2.75) is 17.6 Å². The summed E-state index contributed by atoms with van der Waals surface area (Å²) < 4.78 is 13.2. The van der Waals surface area contributed by atoms with E-state index in [0.29, 0.717) is 5.75 Å². The average molecular weight is 272 g/mol. The monoisotopic (exact) mass is 272 g/mol. The molecule has 4 heteroatoms. The largest absolute Gasteiger partial charge is 0.399 e. The zero-order chi connectivity index (χ0) is 13.8. The molecule has 0 aliphatic rings. The molecule has 0 radical (unpaired) electrons. The average Bonchev–Trinajstić information content (AvgIpc) is 2.39. The summed E-state index contributed by atoms with van der Waals surface area (Å²) in [6.07, 6.45) is 0. The SMILES string of the molecule is Cc1cc(N)ccc1SCc1ccc(F)c(C#N)c1. The number of rotatable bonds is 3. The highest BCUT2D eigenvalue weighted by atomic mass is 32.2. The third kappa shape index (κ3) is 3.27. The van der Waals surface area contributed by atoms with E-state index in [0.717, 1.165) is 21.7 Å². The Bertz CT molecular complexity index is 647. The van der Waals surface area contributed by atoms with Gasteiger partial charge in [0.25, 0.3) is 0 Å². The number of aryl methyl sites for hydroxylation is 1. The summed E-state index contributed by atoms with van der Waals surface area (Å²) in [5.74, 6) is 0.222. The Kier molecular flexibility index (Phi) is 4.08. The molecule has 96 valence electrons. The third-order valence-corrected chi connectivity index (χ3v) is 3.99. The van der Waals surface area contributed by atoms with E-state index in [4.69, 9.17) is 11.0 Å². The molecular formula is C15H13FN2S. The molecule has 0 bridgehead atoms. The van der Waals surface area contributed by atoms with Gasteiger partial charge < -0.3 is 5.73 Å². The van der Waals surface area contributed by atoms with E-state index in [1.165, 1.54) is 6.07 Å². The minimum absolute atomic E-state index is 0.0899. The van der Waals surface area contributed by atoms with Gasteiger partial charge in [-0.1, -0.05) is 6.07 Å². The fraction of sp³-hybridized carbons (Fsp3) is 0.133. The second kappa shape index (κ2) is 5.77. The first kappa shape index (κ1) is 13.4. The number of benzene rings is 2. The van der Waals surface area contributed by atoms with Crippen LogP contribution in [-0.4, -0.2) is 0 Å². The lowest BCUT2D eigenvalue weighted by atomic mass is 10.1. The summed E-state index contributed by atoms with van der Waals surface area (Å²) in [6, 6.07) is 12.2.